The van der Waals surface area contributed by atoms with Crippen LogP contribution in [0.1, 0.15) is 71.1 Å². The number of piperidine rings is 1. The second kappa shape index (κ2) is 9.23. The third-order valence-electron chi connectivity index (χ3n) is 7.52. The zero-order valence-electron chi connectivity index (χ0n) is 17.1. The summed E-state index contributed by atoms with van der Waals surface area (Å²) >= 11 is 0. The highest BCUT2D eigenvalue weighted by Crippen LogP contribution is 2.34. The van der Waals surface area contributed by atoms with Crippen LogP contribution in [-0.2, 0) is 14.3 Å². The van der Waals surface area contributed by atoms with E-state index < -0.39 is 0 Å². The van der Waals surface area contributed by atoms with E-state index in [4.69, 9.17) is 9.47 Å². The number of nitrogens with zero attached hydrogens (tertiary/aromatic N) is 2. The Hall–Kier alpha value is -0.650. The lowest BCUT2D eigenvalue weighted by Gasteiger charge is -2.50. The highest BCUT2D eigenvalue weighted by atomic mass is 16.5. The molecular formula is C22H38N2O3. The van der Waals surface area contributed by atoms with Crippen LogP contribution in [0.5, 0.6) is 0 Å². The van der Waals surface area contributed by atoms with Crippen molar-refractivity contribution < 1.29 is 14.3 Å². The second-order valence-corrected chi connectivity index (χ2v) is 9.10. The lowest BCUT2D eigenvalue weighted by molar-refractivity contribution is -0.167. The smallest absolute Gasteiger partial charge is 0.249 e. The number of hydrogen-bond acceptors (Lipinski definition) is 4. The Morgan fingerprint density at radius 2 is 1.70 bits per heavy atom. The largest absolute Gasteiger partial charge is 0.381 e. The number of morpholine rings is 1. The quantitative estimate of drug-likeness (QED) is 0.737. The van der Waals surface area contributed by atoms with Crippen molar-refractivity contribution in [2.75, 3.05) is 32.9 Å². The molecule has 0 radical (unpaired) electrons. The van der Waals surface area contributed by atoms with Crippen molar-refractivity contribution in [3.63, 3.8) is 0 Å². The zero-order chi connectivity index (χ0) is 18.6. The molecule has 4 fully saturated rings. The summed E-state index contributed by atoms with van der Waals surface area (Å²) in [7, 11) is 0. The van der Waals surface area contributed by atoms with Crippen molar-refractivity contribution in [2.45, 2.75) is 95.4 Å². The molecule has 4 aliphatic rings. The Balaban J connectivity index is 1.27. The normalized spacial score (nSPS) is 36.6. The van der Waals surface area contributed by atoms with Gasteiger partial charge in [-0.1, -0.05) is 12.8 Å². The van der Waals surface area contributed by atoms with Crippen LogP contribution in [0.2, 0.25) is 0 Å². The summed E-state index contributed by atoms with van der Waals surface area (Å²) in [5, 5.41) is 0. The van der Waals surface area contributed by atoms with E-state index in [1.165, 1.54) is 38.5 Å². The van der Waals surface area contributed by atoms with Gasteiger partial charge in [0.25, 0.3) is 0 Å². The lowest BCUT2D eigenvalue weighted by atomic mass is 9.84. The summed E-state index contributed by atoms with van der Waals surface area (Å²) in [5.74, 6) is 1.01. The van der Waals surface area contributed by atoms with E-state index in [2.05, 4.69) is 16.7 Å². The van der Waals surface area contributed by atoms with Gasteiger partial charge >= 0.3 is 0 Å². The maximum absolute atomic E-state index is 12.6. The van der Waals surface area contributed by atoms with Gasteiger partial charge < -0.3 is 19.3 Å². The predicted octanol–water partition coefficient (Wildman–Crippen LogP) is 3.22. The molecular weight excluding hydrogens is 340 g/mol. The first-order chi connectivity index (χ1) is 13.3. The first-order valence-electron chi connectivity index (χ1n) is 11.5. The minimum atomic E-state index is 0.244. The zero-order valence-corrected chi connectivity index (χ0v) is 17.1. The minimum absolute atomic E-state index is 0.244. The lowest BCUT2D eigenvalue weighted by Crippen LogP contribution is -2.61. The summed E-state index contributed by atoms with van der Waals surface area (Å²) in [6.07, 6.45) is 12.7. The van der Waals surface area contributed by atoms with Crippen molar-refractivity contribution in [3.8, 4) is 0 Å². The number of carbonyl (C=O) groups is 1. The fourth-order valence-electron chi connectivity index (χ4n) is 5.99. The van der Waals surface area contributed by atoms with Gasteiger partial charge in [0, 0.05) is 38.4 Å². The molecule has 0 aromatic heterocycles. The SMILES string of the molecule is CCOC[C@H]1CC[C@@H](N2CCC(N3C(=O)COC4CCCCC43)CC2)CC1. The third-order valence-corrected chi connectivity index (χ3v) is 7.52. The molecule has 0 bridgehead atoms. The highest BCUT2D eigenvalue weighted by molar-refractivity contribution is 5.79. The molecule has 154 valence electrons. The van der Waals surface area contributed by atoms with Gasteiger partial charge in [-0.05, 0) is 64.2 Å². The van der Waals surface area contributed by atoms with Crippen molar-refractivity contribution in [3.05, 3.63) is 0 Å². The van der Waals surface area contributed by atoms with Gasteiger partial charge in [-0.2, -0.15) is 0 Å². The molecule has 0 aromatic rings. The molecule has 5 nitrogen and oxygen atoms in total. The Kier molecular flexibility index (Phi) is 6.72. The van der Waals surface area contributed by atoms with Gasteiger partial charge in [-0.25, -0.2) is 0 Å². The Morgan fingerprint density at radius 1 is 0.963 bits per heavy atom. The van der Waals surface area contributed by atoms with Gasteiger partial charge in [0.05, 0.1) is 12.1 Å². The topological polar surface area (TPSA) is 42.0 Å². The maximum atomic E-state index is 12.6. The van der Waals surface area contributed by atoms with Crippen LogP contribution in [0.25, 0.3) is 0 Å². The van der Waals surface area contributed by atoms with Crippen LogP contribution >= 0.6 is 0 Å². The summed E-state index contributed by atoms with van der Waals surface area (Å²) < 4.78 is 11.5. The van der Waals surface area contributed by atoms with Crippen molar-refractivity contribution in [1.29, 1.82) is 0 Å². The van der Waals surface area contributed by atoms with Crippen molar-refractivity contribution >= 4 is 5.91 Å². The number of hydrogen-bond donors (Lipinski definition) is 0. The van der Waals surface area contributed by atoms with Gasteiger partial charge in [0.1, 0.15) is 6.61 Å². The van der Waals surface area contributed by atoms with E-state index in [1.54, 1.807) is 0 Å². The predicted molar refractivity (Wildman–Crippen MR) is 106 cm³/mol. The van der Waals surface area contributed by atoms with E-state index in [1.807, 2.05) is 0 Å². The summed E-state index contributed by atoms with van der Waals surface area (Å²) in [4.78, 5) is 17.6. The standard InChI is InChI=1S/C22H38N2O3/c1-2-26-15-17-7-9-18(10-8-17)23-13-11-19(12-14-23)24-20-5-3-4-6-21(20)27-16-22(24)25/h17-21H,2-16H2,1H3/t17-,18+,20?,21?. The van der Waals surface area contributed by atoms with Gasteiger partial charge in [-0.15, -0.1) is 0 Å². The van der Waals surface area contributed by atoms with Gasteiger partial charge in [-0.3, -0.25) is 4.79 Å². The second-order valence-electron chi connectivity index (χ2n) is 9.10. The molecule has 0 N–H and O–H groups in total. The van der Waals surface area contributed by atoms with Crippen LogP contribution in [0.3, 0.4) is 0 Å². The highest BCUT2D eigenvalue weighted by Gasteiger charge is 2.42. The van der Waals surface area contributed by atoms with Crippen LogP contribution in [0.15, 0.2) is 0 Å². The number of fused-ring (bicyclic) bond motifs is 1. The molecule has 0 spiro atoms. The first-order valence-corrected chi connectivity index (χ1v) is 11.5. The fraction of sp³-hybridized carbons (Fsp3) is 0.955. The fourth-order valence-corrected chi connectivity index (χ4v) is 5.99. The van der Waals surface area contributed by atoms with Crippen LogP contribution in [0, 0.1) is 5.92 Å². The molecule has 2 saturated carbocycles. The molecule has 5 heteroatoms. The third kappa shape index (κ3) is 4.51. The average molecular weight is 379 g/mol. The van der Waals surface area contributed by atoms with Crippen molar-refractivity contribution in [2.24, 2.45) is 5.92 Å². The van der Waals surface area contributed by atoms with E-state index in [9.17, 15) is 4.79 Å². The number of amides is 1. The summed E-state index contributed by atoms with van der Waals surface area (Å²) in [5.41, 5.74) is 0. The molecule has 2 heterocycles. The van der Waals surface area contributed by atoms with Crippen LogP contribution in [-0.4, -0.2) is 72.8 Å². The van der Waals surface area contributed by atoms with E-state index in [-0.39, 0.29) is 5.91 Å². The first kappa shape index (κ1) is 19.7. The average Bonchev–Trinajstić information content (AvgIpc) is 2.73. The van der Waals surface area contributed by atoms with Crippen LogP contribution < -0.4 is 0 Å². The monoisotopic (exact) mass is 378 g/mol. The van der Waals surface area contributed by atoms with E-state index >= 15 is 0 Å². The van der Waals surface area contributed by atoms with E-state index in [0.717, 1.165) is 63.9 Å². The molecule has 2 aliphatic carbocycles. The summed E-state index contributed by atoms with van der Waals surface area (Å²) in [6, 6.07) is 1.55. The Labute approximate surface area is 164 Å². The Morgan fingerprint density at radius 3 is 2.44 bits per heavy atom. The van der Waals surface area contributed by atoms with E-state index in [0.29, 0.717) is 24.8 Å². The molecule has 2 aliphatic heterocycles. The van der Waals surface area contributed by atoms with Gasteiger partial charge in [0.2, 0.25) is 5.91 Å². The maximum Gasteiger partial charge on any atom is 0.249 e. The molecule has 2 unspecified atom stereocenters. The van der Waals surface area contributed by atoms with Crippen molar-refractivity contribution in [1.82, 2.24) is 9.80 Å². The number of likely N-dealkylation sites (tertiary alicyclic amines) is 1. The van der Waals surface area contributed by atoms with Crippen LogP contribution in [0.4, 0.5) is 0 Å². The molecule has 2 saturated heterocycles. The minimum Gasteiger partial charge on any atom is -0.381 e. The number of ether oxygens (including phenoxy) is 2. The van der Waals surface area contributed by atoms with Gasteiger partial charge in [0.15, 0.2) is 0 Å². The molecule has 0 aromatic carbocycles. The summed E-state index contributed by atoms with van der Waals surface area (Å²) in [6.45, 7) is 6.51. The number of rotatable bonds is 5. The molecule has 4 rings (SSSR count). The molecule has 1 amide bonds. The molecule has 27 heavy (non-hydrogen) atoms. The Bertz CT molecular complexity index is 484. The molecule has 2 atom stereocenters. The number of carbonyl (C=O) groups excluding carboxylic acids is 1.